The van der Waals surface area contributed by atoms with Gasteiger partial charge in [-0.2, -0.15) is 0 Å². The number of hydrogen-bond acceptors (Lipinski definition) is 6. The largest absolute Gasteiger partial charge is 0.473 e. The third kappa shape index (κ3) is 5.17. The summed E-state index contributed by atoms with van der Waals surface area (Å²) in [4.78, 5) is 37.0. The highest BCUT2D eigenvalue weighted by Crippen LogP contribution is 2.30. The number of rotatable bonds is 4. The number of carboxylic acid groups (broad SMARTS) is 2. The number of primary amides is 1. The van der Waals surface area contributed by atoms with Gasteiger partial charge in [-0.05, 0) is 18.9 Å². The summed E-state index contributed by atoms with van der Waals surface area (Å²) in [7, 11) is 0. The molecule has 3 rings (SSSR count). The highest BCUT2D eigenvalue weighted by atomic mass is 16.4. The first-order valence-corrected chi connectivity index (χ1v) is 8.42. The molecule has 0 aliphatic heterocycles. The lowest BCUT2D eigenvalue weighted by Crippen LogP contribution is -2.39. The first-order chi connectivity index (χ1) is 12.7. The standard InChI is InChI=1S/C15H20N4O2.C2H2O4/c16-13(20)11-8-18-14-10(4-7-17-14)12(11)19-9-15(21)5-2-1-3-6-15;3-1(4)2(5)6/h4,7-8,21H,1-3,5-6,9H2,(H2,16,20)(H2,17,18,19);(H,3,4)(H,5,6). The Hall–Kier alpha value is -3.14. The van der Waals surface area contributed by atoms with Gasteiger partial charge in [0.2, 0.25) is 0 Å². The lowest BCUT2D eigenvalue weighted by Gasteiger charge is -2.32. The van der Waals surface area contributed by atoms with Crippen molar-refractivity contribution in [2.45, 2.75) is 37.7 Å². The number of aromatic amines is 1. The van der Waals surface area contributed by atoms with Crippen LogP contribution >= 0.6 is 0 Å². The van der Waals surface area contributed by atoms with Crippen molar-refractivity contribution in [2.75, 3.05) is 11.9 Å². The fourth-order valence-corrected chi connectivity index (χ4v) is 3.02. The van der Waals surface area contributed by atoms with E-state index in [0.29, 0.717) is 23.4 Å². The number of H-pyrrole nitrogens is 1. The van der Waals surface area contributed by atoms with Gasteiger partial charge in [-0.3, -0.25) is 4.79 Å². The zero-order chi connectivity index (χ0) is 20.0. The van der Waals surface area contributed by atoms with Crippen LogP contribution in [0, 0.1) is 0 Å². The van der Waals surface area contributed by atoms with E-state index in [2.05, 4.69) is 15.3 Å². The molecule has 146 valence electrons. The van der Waals surface area contributed by atoms with E-state index in [-0.39, 0.29) is 0 Å². The van der Waals surface area contributed by atoms with Gasteiger partial charge in [0, 0.05) is 24.3 Å². The molecule has 7 N–H and O–H groups in total. The number of hydrogen-bond donors (Lipinski definition) is 6. The molecule has 1 saturated carbocycles. The number of fused-ring (bicyclic) bond motifs is 1. The van der Waals surface area contributed by atoms with Crippen molar-refractivity contribution in [3.05, 3.63) is 24.0 Å². The minimum absolute atomic E-state index is 0.349. The van der Waals surface area contributed by atoms with Crippen LogP contribution in [0.15, 0.2) is 18.5 Å². The molecular weight excluding hydrogens is 356 g/mol. The maximum atomic E-state index is 11.6. The molecule has 1 fully saturated rings. The molecule has 0 atom stereocenters. The second-order valence-electron chi connectivity index (χ2n) is 6.40. The molecule has 27 heavy (non-hydrogen) atoms. The molecule has 0 saturated heterocycles. The first-order valence-electron chi connectivity index (χ1n) is 8.42. The molecule has 0 radical (unpaired) electrons. The van der Waals surface area contributed by atoms with Gasteiger partial charge in [-0.1, -0.05) is 19.3 Å². The van der Waals surface area contributed by atoms with Gasteiger partial charge in [-0.25, -0.2) is 14.6 Å². The van der Waals surface area contributed by atoms with Crippen molar-refractivity contribution in [1.29, 1.82) is 0 Å². The summed E-state index contributed by atoms with van der Waals surface area (Å²) < 4.78 is 0. The highest BCUT2D eigenvalue weighted by molar-refractivity contribution is 6.27. The van der Waals surface area contributed by atoms with Gasteiger partial charge >= 0.3 is 11.9 Å². The molecule has 2 aromatic heterocycles. The molecule has 0 spiro atoms. The van der Waals surface area contributed by atoms with E-state index in [1.54, 1.807) is 6.20 Å². The Bertz CT molecular complexity index is 829. The van der Waals surface area contributed by atoms with Gasteiger partial charge in [0.1, 0.15) is 5.65 Å². The van der Waals surface area contributed by atoms with E-state index < -0.39 is 23.4 Å². The highest BCUT2D eigenvalue weighted by Gasteiger charge is 2.29. The number of carbonyl (C=O) groups is 3. The minimum atomic E-state index is -1.82. The molecule has 1 aliphatic carbocycles. The van der Waals surface area contributed by atoms with Gasteiger partial charge in [0.05, 0.1) is 16.9 Å². The summed E-state index contributed by atoms with van der Waals surface area (Å²) in [5, 5.41) is 29.4. The second-order valence-corrected chi connectivity index (χ2v) is 6.40. The number of aromatic nitrogens is 2. The number of carboxylic acids is 2. The quantitative estimate of drug-likeness (QED) is 0.425. The second kappa shape index (κ2) is 8.49. The van der Waals surface area contributed by atoms with Crippen molar-refractivity contribution in [1.82, 2.24) is 9.97 Å². The summed E-state index contributed by atoms with van der Waals surface area (Å²) >= 11 is 0. The van der Waals surface area contributed by atoms with Crippen LogP contribution < -0.4 is 11.1 Å². The van der Waals surface area contributed by atoms with Crippen molar-refractivity contribution in [3.63, 3.8) is 0 Å². The zero-order valence-corrected chi connectivity index (χ0v) is 14.6. The van der Waals surface area contributed by atoms with Crippen LogP contribution in [-0.2, 0) is 9.59 Å². The molecule has 10 nitrogen and oxygen atoms in total. The summed E-state index contributed by atoms with van der Waals surface area (Å²) in [5.41, 5.74) is 6.40. The Balaban J connectivity index is 0.000000380. The topological polar surface area (TPSA) is 179 Å². The van der Waals surface area contributed by atoms with Crippen LogP contribution in [0.1, 0.15) is 42.5 Å². The number of carbonyl (C=O) groups excluding carboxylic acids is 1. The number of nitrogens with two attached hydrogens (primary N) is 1. The normalized spacial score (nSPS) is 15.4. The molecule has 2 heterocycles. The molecule has 0 bridgehead atoms. The average Bonchev–Trinajstić information content (AvgIpc) is 3.09. The Kier molecular flexibility index (Phi) is 6.35. The SMILES string of the molecule is NC(=O)c1cnc2[nH]ccc2c1NCC1(O)CCCCC1.O=C(O)C(=O)O. The van der Waals surface area contributed by atoms with Gasteiger partial charge in [-0.15, -0.1) is 0 Å². The average molecular weight is 378 g/mol. The number of nitrogens with zero attached hydrogens (tertiary/aromatic N) is 1. The summed E-state index contributed by atoms with van der Waals surface area (Å²) in [6.07, 6.45) is 8.05. The molecular formula is C17H22N4O6. The van der Waals surface area contributed by atoms with Crippen molar-refractivity contribution in [3.8, 4) is 0 Å². The number of nitrogens with one attached hydrogen (secondary N) is 2. The Labute approximate surface area is 154 Å². The van der Waals surface area contributed by atoms with E-state index in [9.17, 15) is 9.90 Å². The van der Waals surface area contributed by atoms with Crippen LogP contribution in [0.25, 0.3) is 11.0 Å². The number of aliphatic carboxylic acids is 2. The zero-order valence-electron chi connectivity index (χ0n) is 14.6. The molecule has 2 aromatic rings. The summed E-state index contributed by atoms with van der Waals surface area (Å²) in [5.74, 6) is -4.17. The Morgan fingerprint density at radius 3 is 2.37 bits per heavy atom. The fourth-order valence-electron chi connectivity index (χ4n) is 3.02. The lowest BCUT2D eigenvalue weighted by molar-refractivity contribution is -0.159. The Morgan fingerprint density at radius 1 is 1.19 bits per heavy atom. The Morgan fingerprint density at radius 2 is 1.81 bits per heavy atom. The summed E-state index contributed by atoms with van der Waals surface area (Å²) in [6, 6.07) is 1.85. The third-order valence-corrected chi connectivity index (χ3v) is 4.41. The minimum Gasteiger partial charge on any atom is -0.473 e. The number of amides is 1. The molecule has 0 unspecified atom stereocenters. The maximum absolute atomic E-state index is 11.6. The van der Waals surface area contributed by atoms with Gasteiger partial charge < -0.3 is 31.4 Å². The van der Waals surface area contributed by atoms with E-state index in [0.717, 1.165) is 31.1 Å². The summed E-state index contributed by atoms with van der Waals surface area (Å²) in [6.45, 7) is 0.414. The molecule has 10 heteroatoms. The van der Waals surface area contributed by atoms with Crippen LogP contribution in [-0.4, -0.2) is 55.3 Å². The van der Waals surface area contributed by atoms with Gasteiger partial charge in [0.25, 0.3) is 5.91 Å². The van der Waals surface area contributed by atoms with E-state index in [1.165, 1.54) is 12.6 Å². The fraction of sp³-hybridized carbons (Fsp3) is 0.412. The first kappa shape index (κ1) is 20.2. The van der Waals surface area contributed by atoms with Crippen LogP contribution in [0.2, 0.25) is 0 Å². The lowest BCUT2D eigenvalue weighted by atomic mass is 9.85. The predicted molar refractivity (Wildman–Crippen MR) is 96.4 cm³/mol. The molecule has 1 amide bonds. The van der Waals surface area contributed by atoms with Crippen LogP contribution in [0.3, 0.4) is 0 Å². The smallest absolute Gasteiger partial charge is 0.414 e. The molecule has 0 aromatic carbocycles. The van der Waals surface area contributed by atoms with E-state index in [1.807, 2.05) is 6.07 Å². The monoisotopic (exact) mass is 378 g/mol. The van der Waals surface area contributed by atoms with E-state index in [4.69, 9.17) is 25.5 Å². The number of anilines is 1. The van der Waals surface area contributed by atoms with Crippen molar-refractivity contribution >= 4 is 34.6 Å². The molecule has 1 aliphatic rings. The number of aliphatic hydroxyl groups is 1. The van der Waals surface area contributed by atoms with E-state index >= 15 is 0 Å². The van der Waals surface area contributed by atoms with Crippen molar-refractivity contribution in [2.24, 2.45) is 5.73 Å². The third-order valence-electron chi connectivity index (χ3n) is 4.41. The van der Waals surface area contributed by atoms with Crippen LogP contribution in [0.5, 0.6) is 0 Å². The van der Waals surface area contributed by atoms with Crippen molar-refractivity contribution < 1.29 is 29.7 Å². The van der Waals surface area contributed by atoms with Crippen LogP contribution in [0.4, 0.5) is 5.69 Å². The number of pyridine rings is 1. The predicted octanol–water partition coefficient (Wildman–Crippen LogP) is 0.924. The van der Waals surface area contributed by atoms with Gasteiger partial charge in [0.15, 0.2) is 0 Å². The maximum Gasteiger partial charge on any atom is 0.414 e.